The van der Waals surface area contributed by atoms with Crippen LogP contribution < -0.4 is 5.32 Å². The second-order valence-corrected chi connectivity index (χ2v) is 5.24. The summed E-state index contributed by atoms with van der Waals surface area (Å²) in [6, 6.07) is 5.44. The summed E-state index contributed by atoms with van der Waals surface area (Å²) >= 11 is 4.39. The number of hydrogen-bond donors (Lipinski definition) is 2. The lowest BCUT2D eigenvalue weighted by Gasteiger charge is -2.00. The van der Waals surface area contributed by atoms with Crippen LogP contribution in [0.4, 0.5) is 10.9 Å². The maximum absolute atomic E-state index is 11.0. The molecule has 0 aliphatic heterocycles. The second-order valence-electron chi connectivity index (χ2n) is 3.42. The van der Waals surface area contributed by atoms with Gasteiger partial charge in [0.1, 0.15) is 15.3 Å². The van der Waals surface area contributed by atoms with Crippen molar-refractivity contribution in [2.45, 2.75) is 13.3 Å². The molecule has 0 saturated heterocycles. The molecule has 0 fully saturated rings. The number of aryl methyl sites for hydroxylation is 1. The number of carbonyl (C=O) groups is 1. The van der Waals surface area contributed by atoms with Crippen LogP contribution in [0.3, 0.4) is 0 Å². The Morgan fingerprint density at radius 3 is 2.83 bits per heavy atom. The van der Waals surface area contributed by atoms with E-state index in [-0.39, 0.29) is 4.88 Å². The van der Waals surface area contributed by atoms with Crippen LogP contribution in [0.15, 0.2) is 22.8 Å². The number of nitrogens with zero attached hydrogens (tertiary/aromatic N) is 2. The summed E-state index contributed by atoms with van der Waals surface area (Å²) < 4.78 is 0.707. The van der Waals surface area contributed by atoms with Gasteiger partial charge in [-0.25, -0.2) is 14.8 Å². The fourth-order valence-corrected chi connectivity index (χ4v) is 2.64. The van der Waals surface area contributed by atoms with Gasteiger partial charge in [-0.3, -0.25) is 0 Å². The Morgan fingerprint density at radius 2 is 2.28 bits per heavy atom. The molecule has 0 radical (unpaired) electrons. The van der Waals surface area contributed by atoms with E-state index in [1.54, 1.807) is 6.07 Å². The van der Waals surface area contributed by atoms with Gasteiger partial charge in [-0.2, -0.15) is 0 Å². The van der Waals surface area contributed by atoms with E-state index in [2.05, 4.69) is 31.2 Å². The molecule has 94 valence electrons. The van der Waals surface area contributed by atoms with Crippen LogP contribution in [0.1, 0.15) is 22.3 Å². The van der Waals surface area contributed by atoms with Gasteiger partial charge in [0.15, 0.2) is 5.13 Å². The average molecular weight is 328 g/mol. The molecule has 2 N–H and O–H groups in total. The van der Waals surface area contributed by atoms with Gasteiger partial charge in [-0.15, -0.1) is 0 Å². The zero-order valence-electron chi connectivity index (χ0n) is 9.48. The van der Waals surface area contributed by atoms with E-state index in [0.717, 1.165) is 11.3 Å². The van der Waals surface area contributed by atoms with Gasteiger partial charge in [0.25, 0.3) is 0 Å². The highest BCUT2D eigenvalue weighted by Gasteiger charge is 2.16. The fourth-order valence-electron chi connectivity index (χ4n) is 1.40. The van der Waals surface area contributed by atoms with E-state index in [1.807, 2.05) is 19.1 Å². The van der Waals surface area contributed by atoms with Crippen molar-refractivity contribution < 1.29 is 9.90 Å². The van der Waals surface area contributed by atoms with Gasteiger partial charge in [0.05, 0.1) is 5.69 Å². The molecular weight excluding hydrogens is 318 g/mol. The van der Waals surface area contributed by atoms with Crippen LogP contribution in [-0.2, 0) is 6.42 Å². The van der Waals surface area contributed by atoms with E-state index in [4.69, 9.17) is 5.11 Å². The highest BCUT2D eigenvalue weighted by atomic mass is 79.9. The van der Waals surface area contributed by atoms with E-state index in [1.165, 1.54) is 0 Å². The number of aromatic nitrogens is 2. The lowest BCUT2D eigenvalue weighted by atomic mass is 10.3. The highest BCUT2D eigenvalue weighted by molar-refractivity contribution is 9.10. The molecule has 0 amide bonds. The van der Waals surface area contributed by atoms with Crippen LogP contribution in [0, 0.1) is 0 Å². The van der Waals surface area contributed by atoms with Crippen molar-refractivity contribution in [3.8, 4) is 0 Å². The maximum Gasteiger partial charge on any atom is 0.347 e. The van der Waals surface area contributed by atoms with Crippen molar-refractivity contribution in [2.24, 2.45) is 0 Å². The molecule has 0 atom stereocenters. The number of carboxylic acid groups (broad SMARTS) is 1. The first-order chi connectivity index (χ1) is 8.60. The van der Waals surface area contributed by atoms with Gasteiger partial charge in [0.2, 0.25) is 0 Å². The van der Waals surface area contributed by atoms with Gasteiger partial charge < -0.3 is 10.4 Å². The van der Waals surface area contributed by atoms with Crippen molar-refractivity contribution >= 4 is 44.2 Å². The summed E-state index contributed by atoms with van der Waals surface area (Å²) in [5.74, 6) is -0.322. The molecule has 18 heavy (non-hydrogen) atoms. The van der Waals surface area contributed by atoms with Crippen molar-refractivity contribution in [3.63, 3.8) is 0 Å². The summed E-state index contributed by atoms with van der Waals surface area (Å²) in [6.07, 6.45) is 0.589. The molecule has 7 heteroatoms. The monoisotopic (exact) mass is 327 g/mol. The standard InChI is InChI=1S/C11H10BrN3O2S/c1-2-6-9(10(16)17)18-11(13-6)15-8-5-3-4-7(12)14-8/h3-5H,2H2,1H3,(H,16,17)(H,13,14,15). The number of halogens is 1. The van der Waals surface area contributed by atoms with Gasteiger partial charge in [-0.1, -0.05) is 24.3 Å². The van der Waals surface area contributed by atoms with Crippen LogP contribution in [0.2, 0.25) is 0 Å². The number of thiazole rings is 1. The van der Waals surface area contributed by atoms with Crippen molar-refractivity contribution in [3.05, 3.63) is 33.4 Å². The molecule has 0 bridgehead atoms. The molecule has 0 aliphatic carbocycles. The third kappa shape index (κ3) is 2.85. The minimum atomic E-state index is -0.945. The first-order valence-corrected chi connectivity index (χ1v) is 6.83. The first-order valence-electron chi connectivity index (χ1n) is 5.22. The quantitative estimate of drug-likeness (QED) is 0.842. The SMILES string of the molecule is CCc1nc(Nc2cccc(Br)n2)sc1C(=O)O. The number of rotatable bonds is 4. The Hall–Kier alpha value is -1.47. The van der Waals surface area contributed by atoms with Gasteiger partial charge in [-0.05, 0) is 34.5 Å². The van der Waals surface area contributed by atoms with Crippen molar-refractivity contribution in [1.82, 2.24) is 9.97 Å². The summed E-state index contributed by atoms with van der Waals surface area (Å²) in [5, 5.41) is 12.6. The molecule has 2 rings (SSSR count). The van der Waals surface area contributed by atoms with E-state index < -0.39 is 5.97 Å². The van der Waals surface area contributed by atoms with E-state index in [0.29, 0.717) is 27.7 Å². The molecule has 0 aromatic carbocycles. The lowest BCUT2D eigenvalue weighted by Crippen LogP contribution is -1.97. The summed E-state index contributed by atoms with van der Waals surface area (Å²) in [7, 11) is 0. The first kappa shape index (κ1) is 13.0. The van der Waals surface area contributed by atoms with Gasteiger partial charge in [0, 0.05) is 0 Å². The molecule has 5 nitrogen and oxygen atoms in total. The normalized spacial score (nSPS) is 10.3. The fraction of sp³-hybridized carbons (Fsp3) is 0.182. The minimum absolute atomic E-state index is 0.273. The Bertz CT molecular complexity index is 585. The zero-order valence-corrected chi connectivity index (χ0v) is 11.9. The number of pyridine rings is 1. The smallest absolute Gasteiger partial charge is 0.347 e. The third-order valence-corrected chi connectivity index (χ3v) is 3.62. The number of hydrogen-bond acceptors (Lipinski definition) is 5. The molecular formula is C11H10BrN3O2S. The third-order valence-electron chi connectivity index (χ3n) is 2.18. The zero-order chi connectivity index (χ0) is 13.1. The molecule has 2 aromatic heterocycles. The Kier molecular flexibility index (Phi) is 3.93. The van der Waals surface area contributed by atoms with Crippen molar-refractivity contribution in [2.75, 3.05) is 5.32 Å². The number of anilines is 2. The molecule has 2 aromatic rings. The van der Waals surface area contributed by atoms with Crippen LogP contribution in [-0.4, -0.2) is 21.0 Å². The molecule has 0 aliphatic rings. The summed E-state index contributed by atoms with van der Waals surface area (Å²) in [4.78, 5) is 19.7. The molecule has 0 unspecified atom stereocenters. The number of carboxylic acids is 1. The Morgan fingerprint density at radius 1 is 1.50 bits per heavy atom. The minimum Gasteiger partial charge on any atom is -0.477 e. The van der Waals surface area contributed by atoms with Gasteiger partial charge >= 0.3 is 5.97 Å². The molecule has 2 heterocycles. The number of nitrogens with one attached hydrogen (secondary N) is 1. The van der Waals surface area contributed by atoms with Crippen molar-refractivity contribution in [1.29, 1.82) is 0 Å². The molecule has 0 saturated carbocycles. The van der Waals surface area contributed by atoms with E-state index >= 15 is 0 Å². The average Bonchev–Trinajstić information content (AvgIpc) is 2.72. The maximum atomic E-state index is 11.0. The summed E-state index contributed by atoms with van der Waals surface area (Å²) in [6.45, 7) is 1.88. The van der Waals surface area contributed by atoms with Crippen LogP contribution in [0.25, 0.3) is 0 Å². The predicted octanol–water partition coefficient (Wildman–Crippen LogP) is 3.30. The topological polar surface area (TPSA) is 75.1 Å². The Labute approximate surface area is 116 Å². The predicted molar refractivity (Wildman–Crippen MR) is 73.7 cm³/mol. The lowest BCUT2D eigenvalue weighted by molar-refractivity contribution is 0.0701. The number of aromatic carboxylic acids is 1. The highest BCUT2D eigenvalue weighted by Crippen LogP contribution is 2.26. The van der Waals surface area contributed by atoms with Crippen LogP contribution in [0.5, 0.6) is 0 Å². The Balaban J connectivity index is 2.27. The largest absolute Gasteiger partial charge is 0.477 e. The molecule has 0 spiro atoms. The van der Waals surface area contributed by atoms with Crippen LogP contribution >= 0.6 is 27.3 Å². The summed E-state index contributed by atoms with van der Waals surface area (Å²) in [5.41, 5.74) is 0.588. The van der Waals surface area contributed by atoms with E-state index in [9.17, 15) is 4.79 Å². The second kappa shape index (κ2) is 5.45.